The molecule has 1 aromatic rings. The van der Waals surface area contributed by atoms with Crippen LogP contribution in [0.5, 0.6) is 0 Å². The highest BCUT2D eigenvalue weighted by Gasteiger charge is 2.57. The van der Waals surface area contributed by atoms with Gasteiger partial charge < -0.3 is 10.2 Å². The van der Waals surface area contributed by atoms with Gasteiger partial charge in [0.1, 0.15) is 0 Å². The molecule has 0 unspecified atom stereocenters. The third kappa shape index (κ3) is 2.08. The molecule has 0 spiro atoms. The summed E-state index contributed by atoms with van der Waals surface area (Å²) in [4.78, 5) is 13.3. The third-order valence-electron chi connectivity index (χ3n) is 5.27. The summed E-state index contributed by atoms with van der Waals surface area (Å²) in [5.74, 6) is 0. The Labute approximate surface area is 119 Å². The van der Waals surface area contributed by atoms with Gasteiger partial charge in [-0.15, -0.1) is 0 Å². The van der Waals surface area contributed by atoms with Crippen LogP contribution in [0, 0.1) is 5.41 Å². The number of hydrogen-bond donors (Lipinski definition) is 2. The minimum atomic E-state index is -0.843. The van der Waals surface area contributed by atoms with Crippen LogP contribution in [0.4, 0.5) is 4.79 Å². The SMILES string of the molecule is O=C(O)N(Cc1ccccc1)C12CCC(CO)(CC1)C2. The molecule has 4 heteroatoms. The largest absolute Gasteiger partial charge is 0.465 e. The summed E-state index contributed by atoms with van der Waals surface area (Å²) < 4.78 is 0. The molecule has 0 aromatic heterocycles. The van der Waals surface area contributed by atoms with Crippen molar-refractivity contribution in [2.75, 3.05) is 6.61 Å². The molecule has 3 rings (SSSR count). The second-order valence-electron chi connectivity index (χ2n) is 6.41. The van der Waals surface area contributed by atoms with E-state index >= 15 is 0 Å². The van der Waals surface area contributed by atoms with Crippen LogP contribution in [0.3, 0.4) is 0 Å². The fourth-order valence-electron chi connectivity index (χ4n) is 4.08. The number of benzene rings is 1. The van der Waals surface area contributed by atoms with Crippen LogP contribution in [0.2, 0.25) is 0 Å². The van der Waals surface area contributed by atoms with Crippen molar-refractivity contribution < 1.29 is 15.0 Å². The van der Waals surface area contributed by atoms with Gasteiger partial charge in [-0.1, -0.05) is 30.3 Å². The Morgan fingerprint density at radius 1 is 1.15 bits per heavy atom. The summed E-state index contributed by atoms with van der Waals surface area (Å²) >= 11 is 0. The number of nitrogens with zero attached hydrogens (tertiary/aromatic N) is 1. The lowest BCUT2D eigenvalue weighted by atomic mass is 9.85. The fourth-order valence-corrected chi connectivity index (χ4v) is 4.08. The van der Waals surface area contributed by atoms with Crippen molar-refractivity contribution in [2.45, 2.75) is 44.2 Å². The first-order valence-corrected chi connectivity index (χ1v) is 7.25. The van der Waals surface area contributed by atoms with Crippen LogP contribution in [0.25, 0.3) is 0 Å². The first-order valence-electron chi connectivity index (χ1n) is 7.25. The number of hydrogen-bond acceptors (Lipinski definition) is 2. The Kier molecular flexibility index (Phi) is 3.21. The van der Waals surface area contributed by atoms with Crippen molar-refractivity contribution >= 4 is 6.09 Å². The molecule has 2 aliphatic rings. The van der Waals surface area contributed by atoms with Gasteiger partial charge in [-0.05, 0) is 43.1 Å². The Balaban J connectivity index is 1.84. The van der Waals surface area contributed by atoms with E-state index in [9.17, 15) is 15.0 Å². The highest BCUT2D eigenvalue weighted by Crippen LogP contribution is 2.58. The van der Waals surface area contributed by atoms with Crippen LogP contribution in [0.1, 0.15) is 37.7 Å². The molecule has 0 atom stereocenters. The van der Waals surface area contributed by atoms with E-state index in [0.29, 0.717) is 6.54 Å². The molecule has 1 amide bonds. The van der Waals surface area contributed by atoms with Gasteiger partial charge in [0.15, 0.2) is 0 Å². The van der Waals surface area contributed by atoms with E-state index in [0.717, 1.165) is 37.7 Å². The van der Waals surface area contributed by atoms with Crippen molar-refractivity contribution in [1.82, 2.24) is 4.90 Å². The maximum Gasteiger partial charge on any atom is 0.408 e. The number of amides is 1. The smallest absolute Gasteiger partial charge is 0.408 e. The first-order chi connectivity index (χ1) is 9.59. The lowest BCUT2D eigenvalue weighted by Gasteiger charge is -2.38. The average Bonchev–Trinajstić information content (AvgIpc) is 3.03. The number of fused-ring (bicyclic) bond motifs is 2. The molecular weight excluding hydrogens is 254 g/mol. The fraction of sp³-hybridized carbons (Fsp3) is 0.562. The van der Waals surface area contributed by atoms with Gasteiger partial charge in [0.05, 0.1) is 0 Å². The van der Waals surface area contributed by atoms with Crippen molar-refractivity contribution in [1.29, 1.82) is 0 Å². The van der Waals surface area contributed by atoms with Crippen molar-refractivity contribution in [3.05, 3.63) is 35.9 Å². The van der Waals surface area contributed by atoms with Crippen molar-refractivity contribution in [3.63, 3.8) is 0 Å². The molecule has 108 valence electrons. The van der Waals surface area contributed by atoms with Crippen LogP contribution < -0.4 is 0 Å². The van der Waals surface area contributed by atoms with Gasteiger partial charge in [-0.25, -0.2) is 4.79 Å². The second kappa shape index (κ2) is 4.77. The predicted molar refractivity (Wildman–Crippen MR) is 75.3 cm³/mol. The quantitative estimate of drug-likeness (QED) is 0.888. The number of rotatable bonds is 4. The highest BCUT2D eigenvalue weighted by molar-refractivity contribution is 5.66. The Morgan fingerprint density at radius 3 is 2.30 bits per heavy atom. The molecular formula is C16H21NO3. The van der Waals surface area contributed by atoms with Crippen LogP contribution in [-0.2, 0) is 6.54 Å². The predicted octanol–water partition coefficient (Wildman–Crippen LogP) is 2.86. The van der Waals surface area contributed by atoms with E-state index in [1.54, 1.807) is 4.90 Å². The monoisotopic (exact) mass is 275 g/mol. The maximum absolute atomic E-state index is 11.7. The summed E-state index contributed by atoms with van der Waals surface area (Å²) in [6, 6.07) is 9.75. The maximum atomic E-state index is 11.7. The van der Waals surface area contributed by atoms with Crippen LogP contribution in [-0.4, -0.2) is 33.4 Å². The molecule has 2 aliphatic carbocycles. The van der Waals surface area contributed by atoms with Crippen molar-refractivity contribution in [3.8, 4) is 0 Å². The van der Waals surface area contributed by atoms with Crippen molar-refractivity contribution in [2.24, 2.45) is 5.41 Å². The zero-order valence-electron chi connectivity index (χ0n) is 11.6. The minimum Gasteiger partial charge on any atom is -0.465 e. The van der Waals surface area contributed by atoms with E-state index in [2.05, 4.69) is 0 Å². The van der Waals surface area contributed by atoms with E-state index < -0.39 is 6.09 Å². The highest BCUT2D eigenvalue weighted by atomic mass is 16.4. The Hall–Kier alpha value is -1.55. The molecule has 0 heterocycles. The summed E-state index contributed by atoms with van der Waals surface area (Å²) in [7, 11) is 0. The third-order valence-corrected chi connectivity index (χ3v) is 5.27. The number of aliphatic hydroxyl groups excluding tert-OH is 1. The topological polar surface area (TPSA) is 60.8 Å². The number of carbonyl (C=O) groups is 1. The van der Waals surface area contributed by atoms with E-state index in [4.69, 9.17) is 0 Å². The molecule has 4 nitrogen and oxygen atoms in total. The number of aliphatic hydroxyl groups is 1. The standard InChI is InChI=1S/C16H21NO3/c18-12-15-6-8-16(11-15,9-7-15)17(14(19)20)10-13-4-2-1-3-5-13/h1-5,18H,6-12H2,(H,19,20). The van der Waals surface area contributed by atoms with E-state index in [1.165, 1.54) is 0 Å². The van der Waals surface area contributed by atoms with Gasteiger partial charge in [-0.3, -0.25) is 4.90 Å². The lowest BCUT2D eigenvalue weighted by molar-refractivity contribution is 0.0732. The van der Waals surface area contributed by atoms with Crippen LogP contribution in [0.15, 0.2) is 30.3 Å². The Morgan fingerprint density at radius 2 is 1.80 bits per heavy atom. The van der Waals surface area contributed by atoms with Gasteiger partial charge >= 0.3 is 6.09 Å². The van der Waals surface area contributed by atoms with Gasteiger partial charge in [0.2, 0.25) is 0 Å². The molecule has 0 aliphatic heterocycles. The zero-order valence-corrected chi connectivity index (χ0v) is 11.6. The van der Waals surface area contributed by atoms with Gasteiger partial charge in [-0.2, -0.15) is 0 Å². The zero-order chi connectivity index (χ0) is 14.2. The molecule has 2 saturated carbocycles. The van der Waals surface area contributed by atoms with E-state index in [1.807, 2.05) is 30.3 Å². The van der Waals surface area contributed by atoms with E-state index in [-0.39, 0.29) is 17.6 Å². The first kappa shape index (κ1) is 13.4. The number of carboxylic acid groups (broad SMARTS) is 1. The lowest BCUT2D eigenvalue weighted by Crippen LogP contribution is -2.48. The summed E-state index contributed by atoms with van der Waals surface area (Å²) in [6.45, 7) is 0.630. The summed E-state index contributed by atoms with van der Waals surface area (Å²) in [5, 5.41) is 19.2. The Bertz CT molecular complexity index is 492. The van der Waals surface area contributed by atoms with Gasteiger partial charge in [0.25, 0.3) is 0 Å². The second-order valence-corrected chi connectivity index (χ2v) is 6.41. The average molecular weight is 275 g/mol. The molecule has 20 heavy (non-hydrogen) atoms. The molecule has 1 aromatic carbocycles. The molecule has 2 bridgehead atoms. The summed E-state index contributed by atoms with van der Waals surface area (Å²) in [6.07, 6.45) is 3.63. The minimum absolute atomic E-state index is 0.0234. The summed E-state index contributed by atoms with van der Waals surface area (Å²) in [5.41, 5.74) is 0.743. The normalized spacial score (nSPS) is 31.4. The van der Waals surface area contributed by atoms with Gasteiger partial charge in [0, 0.05) is 18.7 Å². The molecule has 0 saturated heterocycles. The molecule has 2 fully saturated rings. The molecule has 2 N–H and O–H groups in total. The van der Waals surface area contributed by atoms with Crippen LogP contribution >= 0.6 is 0 Å². The molecule has 0 radical (unpaired) electrons.